The van der Waals surface area contributed by atoms with E-state index >= 15 is 0 Å². The van der Waals surface area contributed by atoms with Crippen LogP contribution in [0.15, 0.2) is 60.9 Å². The van der Waals surface area contributed by atoms with Gasteiger partial charge in [0.2, 0.25) is 5.91 Å². The fourth-order valence-corrected chi connectivity index (χ4v) is 4.38. The molecule has 1 N–H and O–H groups in total. The van der Waals surface area contributed by atoms with Gasteiger partial charge in [-0.15, -0.1) is 0 Å². The Labute approximate surface area is 153 Å². The zero-order valence-electron chi connectivity index (χ0n) is 15.5. The first kappa shape index (κ1) is 16.6. The molecule has 0 fully saturated rings. The Morgan fingerprint density at radius 2 is 1.85 bits per heavy atom. The van der Waals surface area contributed by atoms with E-state index in [9.17, 15) is 4.79 Å². The number of aromatic nitrogens is 2. The van der Waals surface area contributed by atoms with Crippen LogP contribution in [0, 0.1) is 0 Å². The van der Waals surface area contributed by atoms with Crippen LogP contribution in [0.3, 0.4) is 0 Å². The molecule has 26 heavy (non-hydrogen) atoms. The third-order valence-corrected chi connectivity index (χ3v) is 5.89. The Morgan fingerprint density at radius 3 is 2.58 bits per heavy atom. The van der Waals surface area contributed by atoms with Crippen molar-refractivity contribution in [3.05, 3.63) is 72.1 Å². The molecular weight excluding hydrogens is 320 g/mol. The lowest BCUT2D eigenvalue weighted by Crippen LogP contribution is -2.25. The molecule has 0 spiro atoms. The summed E-state index contributed by atoms with van der Waals surface area (Å²) >= 11 is 0. The molecule has 2 heterocycles. The summed E-state index contributed by atoms with van der Waals surface area (Å²) in [6.45, 7) is 6.12. The predicted octanol–water partition coefficient (Wildman–Crippen LogP) is 5.89. The van der Waals surface area contributed by atoms with Gasteiger partial charge in [0, 0.05) is 41.0 Å². The quantitative estimate of drug-likeness (QED) is 0.492. The number of hydrogen-bond acceptors (Lipinski definition) is 1. The van der Waals surface area contributed by atoms with Crippen molar-refractivity contribution in [2.45, 2.75) is 39.0 Å². The predicted molar refractivity (Wildman–Crippen MR) is 108 cm³/mol. The number of benzene rings is 2. The Kier molecular flexibility index (Phi) is 3.95. The minimum absolute atomic E-state index is 0.0432. The van der Waals surface area contributed by atoms with E-state index in [4.69, 9.17) is 0 Å². The summed E-state index contributed by atoms with van der Waals surface area (Å²) in [4.78, 5) is 15.2. The van der Waals surface area contributed by atoms with E-state index < -0.39 is 0 Å². The van der Waals surface area contributed by atoms with Crippen molar-refractivity contribution in [1.29, 1.82) is 0 Å². The fourth-order valence-electron chi connectivity index (χ4n) is 4.38. The largest absolute Gasteiger partial charge is 0.361 e. The van der Waals surface area contributed by atoms with Crippen molar-refractivity contribution >= 4 is 27.7 Å². The van der Waals surface area contributed by atoms with Crippen LogP contribution in [0.1, 0.15) is 49.5 Å². The van der Waals surface area contributed by atoms with Crippen molar-refractivity contribution in [3.8, 4) is 0 Å². The summed E-state index contributed by atoms with van der Waals surface area (Å²) in [7, 11) is 0. The highest BCUT2D eigenvalue weighted by atomic mass is 16.1. The number of carbonyl (C=O) groups excluding carboxylic acids is 1. The van der Waals surface area contributed by atoms with Crippen molar-refractivity contribution in [1.82, 2.24) is 9.55 Å². The summed E-state index contributed by atoms with van der Waals surface area (Å²) < 4.78 is 1.71. The SMILES string of the molecule is CCC(CC)(c1ccc2c(ccn2C(C)=O)c1)c1c[nH]c2ccccc12. The molecule has 2 aromatic heterocycles. The maximum absolute atomic E-state index is 11.8. The molecule has 0 unspecified atom stereocenters. The van der Waals surface area contributed by atoms with Gasteiger partial charge in [0.25, 0.3) is 0 Å². The maximum atomic E-state index is 11.8. The number of para-hydroxylation sites is 1. The van der Waals surface area contributed by atoms with E-state index in [-0.39, 0.29) is 11.3 Å². The smallest absolute Gasteiger partial charge is 0.227 e. The fraction of sp³-hybridized carbons (Fsp3) is 0.261. The summed E-state index contributed by atoms with van der Waals surface area (Å²) in [5.41, 5.74) is 4.76. The molecule has 0 atom stereocenters. The van der Waals surface area contributed by atoms with Gasteiger partial charge >= 0.3 is 0 Å². The maximum Gasteiger partial charge on any atom is 0.227 e. The van der Waals surface area contributed by atoms with E-state index in [2.05, 4.69) is 67.5 Å². The third kappa shape index (κ3) is 2.31. The number of carbonyl (C=O) groups is 1. The molecule has 0 saturated carbocycles. The first-order valence-electron chi connectivity index (χ1n) is 9.30. The van der Waals surface area contributed by atoms with Gasteiger partial charge in [-0.1, -0.05) is 38.1 Å². The Hall–Kier alpha value is -2.81. The molecule has 0 bridgehead atoms. The second kappa shape index (κ2) is 6.17. The first-order valence-corrected chi connectivity index (χ1v) is 9.30. The molecule has 4 rings (SSSR count). The summed E-state index contributed by atoms with van der Waals surface area (Å²) in [5.74, 6) is 0.0432. The van der Waals surface area contributed by atoms with E-state index in [1.807, 2.05) is 12.3 Å². The molecule has 3 heteroatoms. The number of fused-ring (bicyclic) bond motifs is 2. The third-order valence-electron chi connectivity index (χ3n) is 5.89. The van der Waals surface area contributed by atoms with Crippen LogP contribution in [-0.2, 0) is 5.41 Å². The van der Waals surface area contributed by atoms with Crippen LogP contribution < -0.4 is 0 Å². The standard InChI is InChI=1S/C23H24N2O/c1-4-23(5-2,20-15-24-21-9-7-6-8-19(20)21)18-10-11-22-17(14-18)12-13-25(22)16(3)26/h6-15,24H,4-5H2,1-3H3. The number of hydrogen-bond donors (Lipinski definition) is 1. The zero-order valence-corrected chi connectivity index (χ0v) is 15.5. The van der Waals surface area contributed by atoms with Gasteiger partial charge in [-0.25, -0.2) is 0 Å². The minimum atomic E-state index is -0.0495. The van der Waals surface area contributed by atoms with Gasteiger partial charge in [0.15, 0.2) is 0 Å². The van der Waals surface area contributed by atoms with Gasteiger partial charge in [-0.05, 0) is 48.2 Å². The van der Waals surface area contributed by atoms with Gasteiger partial charge < -0.3 is 4.98 Å². The number of H-pyrrole nitrogens is 1. The van der Waals surface area contributed by atoms with Crippen LogP contribution in [0.2, 0.25) is 0 Å². The normalized spacial score (nSPS) is 12.1. The van der Waals surface area contributed by atoms with Gasteiger partial charge in [0.1, 0.15) is 0 Å². The lowest BCUT2D eigenvalue weighted by Gasteiger charge is -2.33. The van der Waals surface area contributed by atoms with Crippen LogP contribution in [0.4, 0.5) is 0 Å². The molecule has 0 aliphatic carbocycles. The second-order valence-corrected chi connectivity index (χ2v) is 7.02. The Balaban J connectivity index is 1.94. The average Bonchev–Trinajstić information content (AvgIpc) is 3.28. The van der Waals surface area contributed by atoms with Gasteiger partial charge in [-0.3, -0.25) is 9.36 Å². The lowest BCUT2D eigenvalue weighted by molar-refractivity contribution is 0.0941. The van der Waals surface area contributed by atoms with E-state index in [0.717, 1.165) is 23.7 Å². The molecule has 0 aliphatic rings. The highest BCUT2D eigenvalue weighted by Crippen LogP contribution is 2.42. The molecule has 0 radical (unpaired) electrons. The van der Waals surface area contributed by atoms with Crippen LogP contribution >= 0.6 is 0 Å². The van der Waals surface area contributed by atoms with Crippen molar-refractivity contribution in [3.63, 3.8) is 0 Å². The van der Waals surface area contributed by atoms with Gasteiger partial charge in [-0.2, -0.15) is 0 Å². The minimum Gasteiger partial charge on any atom is -0.361 e. The molecule has 132 valence electrons. The van der Waals surface area contributed by atoms with Crippen molar-refractivity contribution in [2.24, 2.45) is 0 Å². The highest BCUT2D eigenvalue weighted by Gasteiger charge is 2.33. The monoisotopic (exact) mass is 344 g/mol. The zero-order chi connectivity index (χ0) is 18.3. The van der Waals surface area contributed by atoms with Crippen LogP contribution in [0.25, 0.3) is 21.8 Å². The van der Waals surface area contributed by atoms with E-state index in [1.165, 1.54) is 22.0 Å². The summed E-state index contributed by atoms with van der Waals surface area (Å²) in [6, 6.07) is 17.1. The summed E-state index contributed by atoms with van der Waals surface area (Å²) in [6.07, 6.45) is 6.07. The molecule has 0 saturated heterocycles. The molecule has 3 nitrogen and oxygen atoms in total. The van der Waals surface area contributed by atoms with Crippen molar-refractivity contribution < 1.29 is 4.79 Å². The van der Waals surface area contributed by atoms with Gasteiger partial charge in [0.05, 0.1) is 5.52 Å². The molecule has 4 aromatic rings. The van der Waals surface area contributed by atoms with Crippen LogP contribution in [0.5, 0.6) is 0 Å². The summed E-state index contributed by atoms with van der Waals surface area (Å²) in [5, 5.41) is 2.40. The molecule has 0 amide bonds. The number of nitrogens with zero attached hydrogens (tertiary/aromatic N) is 1. The van der Waals surface area contributed by atoms with E-state index in [0.29, 0.717) is 0 Å². The number of rotatable bonds is 4. The van der Waals surface area contributed by atoms with Crippen LogP contribution in [-0.4, -0.2) is 15.5 Å². The van der Waals surface area contributed by atoms with E-state index in [1.54, 1.807) is 11.5 Å². The average molecular weight is 344 g/mol. The second-order valence-electron chi connectivity index (χ2n) is 7.02. The van der Waals surface area contributed by atoms with Crippen molar-refractivity contribution in [2.75, 3.05) is 0 Å². The molecule has 0 aliphatic heterocycles. The molecule has 2 aromatic carbocycles. The molecular formula is C23H24N2O. The topological polar surface area (TPSA) is 37.8 Å². The lowest BCUT2D eigenvalue weighted by atomic mass is 9.70. The first-order chi connectivity index (χ1) is 12.6. The number of nitrogens with one attached hydrogen (secondary N) is 1. The highest BCUT2D eigenvalue weighted by molar-refractivity contribution is 5.92. The number of aromatic amines is 1. The Morgan fingerprint density at radius 1 is 1.08 bits per heavy atom. The Bertz CT molecular complexity index is 1100.